The third-order valence-electron chi connectivity index (χ3n) is 6.12. The van der Waals surface area contributed by atoms with E-state index in [1.54, 1.807) is 9.58 Å². The van der Waals surface area contributed by atoms with Crippen LogP contribution in [0.15, 0.2) is 60.9 Å². The zero-order chi connectivity index (χ0) is 26.0. The Kier molecular flexibility index (Phi) is 6.76. The first-order valence-corrected chi connectivity index (χ1v) is 13.5. The van der Waals surface area contributed by atoms with Crippen LogP contribution in [0.5, 0.6) is 11.5 Å². The molecule has 1 saturated heterocycles. The number of nitrogens with zero attached hydrogens (tertiary/aromatic N) is 5. The van der Waals surface area contributed by atoms with E-state index in [4.69, 9.17) is 19.8 Å². The van der Waals surface area contributed by atoms with Crippen LogP contribution in [0.1, 0.15) is 18.9 Å². The van der Waals surface area contributed by atoms with Gasteiger partial charge in [-0.05, 0) is 49.2 Å². The monoisotopic (exact) mass is 522 g/mol. The summed E-state index contributed by atoms with van der Waals surface area (Å²) in [4.78, 5) is 22.8. The van der Waals surface area contributed by atoms with Crippen molar-refractivity contribution in [1.29, 1.82) is 0 Å². The molecule has 1 aliphatic rings. The summed E-state index contributed by atoms with van der Waals surface area (Å²) in [5.74, 6) is 1.33. The maximum absolute atomic E-state index is 12.6. The first-order chi connectivity index (χ1) is 17.8. The van der Waals surface area contributed by atoms with Crippen molar-refractivity contribution >= 4 is 32.9 Å². The van der Waals surface area contributed by atoms with Gasteiger partial charge in [0.05, 0.1) is 17.7 Å². The lowest BCUT2D eigenvalue weighted by molar-refractivity contribution is -0.135. The number of nitrogen functional groups attached to an aromatic ring is 1. The van der Waals surface area contributed by atoms with Crippen LogP contribution >= 0.6 is 0 Å². The minimum absolute atomic E-state index is 0.179. The maximum atomic E-state index is 12.6. The van der Waals surface area contributed by atoms with Gasteiger partial charge in [0, 0.05) is 18.7 Å². The molecule has 1 fully saturated rings. The second-order valence-corrected chi connectivity index (χ2v) is 10.4. The molecule has 2 aromatic carbocycles. The number of hydrogen-bond donors (Lipinski definition) is 1. The lowest BCUT2D eigenvalue weighted by Crippen LogP contribution is -2.42. The van der Waals surface area contributed by atoms with Crippen molar-refractivity contribution in [3.8, 4) is 22.8 Å². The second kappa shape index (κ2) is 10.1. The Balaban J connectivity index is 1.42. The molecule has 5 rings (SSSR count). The molecule has 3 heterocycles. The number of aromatic nitrogens is 4. The number of ether oxygens (including phenoxy) is 1. The number of piperidine rings is 1. The van der Waals surface area contributed by atoms with E-state index in [0.717, 1.165) is 30.4 Å². The van der Waals surface area contributed by atoms with Crippen molar-refractivity contribution in [3.63, 3.8) is 0 Å². The van der Waals surface area contributed by atoms with Crippen molar-refractivity contribution < 1.29 is 22.1 Å². The highest BCUT2D eigenvalue weighted by Gasteiger charge is 2.29. The van der Waals surface area contributed by atoms with Crippen molar-refractivity contribution in [2.45, 2.75) is 18.9 Å². The molecule has 0 spiro atoms. The Labute approximate surface area is 214 Å². The first-order valence-electron chi connectivity index (χ1n) is 11.7. The molecule has 0 saturated carbocycles. The molecule has 1 atom stereocenters. The molecule has 11 nitrogen and oxygen atoms in total. The lowest BCUT2D eigenvalue weighted by Gasteiger charge is -2.32. The fourth-order valence-electron chi connectivity index (χ4n) is 4.39. The number of benzene rings is 2. The predicted molar refractivity (Wildman–Crippen MR) is 137 cm³/mol. The summed E-state index contributed by atoms with van der Waals surface area (Å²) in [5.41, 5.74) is 8.27. The van der Waals surface area contributed by atoms with Gasteiger partial charge in [0.15, 0.2) is 5.65 Å². The molecule has 0 radical (unpaired) electrons. The zero-order valence-electron chi connectivity index (χ0n) is 20.1. The summed E-state index contributed by atoms with van der Waals surface area (Å²) in [7, 11) is -3.71. The number of rotatable bonds is 7. The van der Waals surface area contributed by atoms with E-state index in [1.165, 1.54) is 6.33 Å². The number of carbonyl (C=O) groups is 1. The number of fused-ring (bicyclic) bond motifs is 1. The Morgan fingerprint density at radius 1 is 1.08 bits per heavy atom. The number of likely N-dealkylation sites (tertiary alicyclic amines) is 1. The minimum Gasteiger partial charge on any atom is -0.457 e. The fourth-order valence-corrected chi connectivity index (χ4v) is 4.70. The molecule has 0 unspecified atom stereocenters. The quantitative estimate of drug-likeness (QED) is 0.362. The molecular formula is C25H26N6O5S. The van der Waals surface area contributed by atoms with Crippen LogP contribution in [0.4, 0.5) is 5.82 Å². The summed E-state index contributed by atoms with van der Waals surface area (Å²) in [6.07, 6.45) is 3.79. The van der Waals surface area contributed by atoms with E-state index in [2.05, 4.69) is 9.97 Å². The van der Waals surface area contributed by atoms with Crippen molar-refractivity contribution in [1.82, 2.24) is 24.6 Å². The Morgan fingerprint density at radius 2 is 1.81 bits per heavy atom. The fraction of sp³-hybridized carbons (Fsp3) is 0.280. The molecule has 0 bridgehead atoms. The van der Waals surface area contributed by atoms with Gasteiger partial charge in [0.1, 0.15) is 35.9 Å². The number of anilines is 1. The summed E-state index contributed by atoms with van der Waals surface area (Å²) in [6, 6.07) is 16.8. The van der Waals surface area contributed by atoms with E-state index in [1.807, 2.05) is 54.6 Å². The molecule has 12 heteroatoms. The van der Waals surface area contributed by atoms with E-state index in [9.17, 15) is 13.2 Å². The van der Waals surface area contributed by atoms with Crippen molar-refractivity contribution in [2.24, 2.45) is 0 Å². The Hall–Kier alpha value is -4.03. The van der Waals surface area contributed by atoms with Crippen LogP contribution in [0.2, 0.25) is 0 Å². The number of carbonyl (C=O) groups excluding carboxylic acids is 1. The molecule has 37 heavy (non-hydrogen) atoms. The number of nitrogens with two attached hydrogens (primary N) is 1. The molecule has 0 aliphatic carbocycles. The number of hydrogen-bond acceptors (Lipinski definition) is 9. The molecule has 1 aliphatic heterocycles. The van der Waals surface area contributed by atoms with Gasteiger partial charge in [0.2, 0.25) is 5.91 Å². The van der Waals surface area contributed by atoms with Crippen molar-refractivity contribution in [3.05, 3.63) is 60.9 Å². The number of para-hydroxylation sites is 1. The Morgan fingerprint density at radius 3 is 2.54 bits per heavy atom. The van der Waals surface area contributed by atoms with Gasteiger partial charge in [-0.3, -0.25) is 8.98 Å². The van der Waals surface area contributed by atoms with E-state index in [-0.39, 0.29) is 6.04 Å². The third-order valence-corrected chi connectivity index (χ3v) is 6.66. The SMILES string of the molecule is CS(=O)(=O)OCC(=O)N1CCC[C@@H](n2nc(-c3ccc(Oc4ccccc4)cc3)c3c(N)ncnc32)C1. The highest BCUT2D eigenvalue weighted by Crippen LogP contribution is 2.34. The second-order valence-electron chi connectivity index (χ2n) is 8.79. The van der Waals surface area contributed by atoms with E-state index < -0.39 is 22.6 Å². The predicted octanol–water partition coefficient (Wildman–Crippen LogP) is 3.01. The highest BCUT2D eigenvalue weighted by molar-refractivity contribution is 7.86. The summed E-state index contributed by atoms with van der Waals surface area (Å²) in [6.45, 7) is 0.327. The topological polar surface area (TPSA) is 143 Å². The van der Waals surface area contributed by atoms with Gasteiger partial charge in [-0.2, -0.15) is 13.5 Å². The highest BCUT2D eigenvalue weighted by atomic mass is 32.2. The van der Waals surface area contributed by atoms with Crippen LogP contribution in [-0.4, -0.2) is 64.9 Å². The first kappa shape index (κ1) is 24.7. The maximum Gasteiger partial charge on any atom is 0.264 e. The molecule has 1 amide bonds. The van der Waals surface area contributed by atoms with E-state index in [0.29, 0.717) is 41.4 Å². The van der Waals surface area contributed by atoms with Crippen LogP contribution in [0.25, 0.3) is 22.3 Å². The molecule has 192 valence electrons. The van der Waals surface area contributed by atoms with Gasteiger partial charge in [-0.15, -0.1) is 0 Å². The summed E-state index contributed by atoms with van der Waals surface area (Å²) < 4.78 is 35.0. The van der Waals surface area contributed by atoms with Gasteiger partial charge < -0.3 is 15.4 Å². The molecule has 4 aromatic rings. The molecular weight excluding hydrogens is 496 g/mol. The van der Waals surface area contributed by atoms with Gasteiger partial charge >= 0.3 is 0 Å². The normalized spacial score (nSPS) is 16.1. The van der Waals surface area contributed by atoms with E-state index >= 15 is 0 Å². The zero-order valence-corrected chi connectivity index (χ0v) is 21.0. The van der Waals surface area contributed by atoms with Crippen molar-refractivity contribution in [2.75, 3.05) is 31.7 Å². The molecule has 2 N–H and O–H groups in total. The molecule has 2 aromatic heterocycles. The largest absolute Gasteiger partial charge is 0.457 e. The summed E-state index contributed by atoms with van der Waals surface area (Å²) >= 11 is 0. The lowest BCUT2D eigenvalue weighted by atomic mass is 10.1. The smallest absolute Gasteiger partial charge is 0.264 e. The van der Waals surface area contributed by atoms with Crippen LogP contribution in [0.3, 0.4) is 0 Å². The Bertz CT molecular complexity index is 1520. The average molecular weight is 523 g/mol. The van der Waals surface area contributed by atoms with Crippen LogP contribution in [0, 0.1) is 0 Å². The minimum atomic E-state index is -3.71. The van der Waals surface area contributed by atoms with Crippen LogP contribution < -0.4 is 10.5 Å². The van der Waals surface area contributed by atoms with Gasteiger partial charge in [-0.25, -0.2) is 14.6 Å². The standard InChI is InChI=1S/C25H26N6O5S/c1-37(33,34)35-15-21(32)30-13-5-6-18(14-30)31-25-22(24(26)27-16-28-25)23(29-31)17-9-11-20(12-10-17)36-19-7-3-2-4-8-19/h2-4,7-12,16,18H,5-6,13-15H2,1H3,(H2,26,27,28)/t18-/m1/s1. The summed E-state index contributed by atoms with van der Waals surface area (Å²) in [5, 5.41) is 5.49. The van der Waals surface area contributed by atoms with Gasteiger partial charge in [0.25, 0.3) is 10.1 Å². The van der Waals surface area contributed by atoms with Gasteiger partial charge in [-0.1, -0.05) is 18.2 Å². The average Bonchev–Trinajstić information content (AvgIpc) is 3.29. The number of amides is 1. The van der Waals surface area contributed by atoms with Crippen LogP contribution in [-0.2, 0) is 19.1 Å². The third kappa shape index (κ3) is 5.54.